The lowest BCUT2D eigenvalue weighted by atomic mass is 9.93. The van der Waals surface area contributed by atoms with Gasteiger partial charge in [0.25, 0.3) is 11.5 Å². The molecule has 0 spiro atoms. The fraction of sp³-hybridized carbons (Fsp3) is 0.333. The summed E-state index contributed by atoms with van der Waals surface area (Å²) in [6.45, 7) is 1.81. The number of nitrogens with zero attached hydrogens (tertiary/aromatic N) is 6. The van der Waals surface area contributed by atoms with Gasteiger partial charge in [-0.2, -0.15) is 18.3 Å². The summed E-state index contributed by atoms with van der Waals surface area (Å²) in [6.07, 6.45) is 0.0727. The van der Waals surface area contributed by atoms with Crippen molar-refractivity contribution in [2.45, 2.75) is 38.7 Å². The van der Waals surface area contributed by atoms with Crippen LogP contribution in [0.25, 0.3) is 0 Å². The number of hydrogen-bond acceptors (Lipinski definition) is 6. The highest BCUT2D eigenvalue weighted by Gasteiger charge is 2.40. The normalized spacial score (nSPS) is 14.0. The molecular weight excluding hydrogens is 695 g/mol. The summed E-state index contributed by atoms with van der Waals surface area (Å²) in [6, 6.07) is 11.4. The maximum Gasteiger partial charge on any atom is 0.401 e. The highest BCUT2D eigenvalue weighted by Crippen LogP contribution is 2.32. The van der Waals surface area contributed by atoms with Crippen molar-refractivity contribution in [2.24, 2.45) is 0 Å². The number of methoxy groups -OCH3 is 1. The molecule has 1 amide bonds. The molecular formula is C30H29F4IN6O3. The average Bonchev–Trinajstić information content (AvgIpc) is 3.36. The predicted octanol–water partition coefficient (Wildman–Crippen LogP) is 4.95. The van der Waals surface area contributed by atoms with Crippen LogP contribution in [-0.2, 0) is 19.6 Å². The molecule has 0 aliphatic carbocycles. The molecule has 9 nitrogen and oxygen atoms in total. The second kappa shape index (κ2) is 13.1. The monoisotopic (exact) mass is 724 g/mol. The number of carbonyl (C=O) groups excluding carboxylic acids is 1. The Kier molecular flexibility index (Phi) is 9.39. The van der Waals surface area contributed by atoms with Gasteiger partial charge in [0.1, 0.15) is 11.6 Å². The molecule has 0 N–H and O–H groups in total. The summed E-state index contributed by atoms with van der Waals surface area (Å²) < 4.78 is 62.1. The Balaban J connectivity index is 1.35. The Labute approximate surface area is 264 Å². The maximum absolute atomic E-state index is 13.7. The minimum atomic E-state index is -4.31. The van der Waals surface area contributed by atoms with Crippen LogP contribution in [0.1, 0.15) is 44.4 Å². The highest BCUT2D eigenvalue weighted by atomic mass is 127. The topological polar surface area (TPSA) is 85.5 Å². The number of aromatic nitrogens is 4. The van der Waals surface area contributed by atoms with Gasteiger partial charge in [-0.25, -0.2) is 4.39 Å². The van der Waals surface area contributed by atoms with Crippen molar-refractivity contribution in [1.82, 2.24) is 27.3 Å². The molecule has 0 bridgehead atoms. The van der Waals surface area contributed by atoms with E-state index in [4.69, 9.17) is 4.74 Å². The number of halogens is 5. The molecule has 0 saturated carbocycles. The third kappa shape index (κ3) is 7.46. The molecule has 3 aromatic heterocycles. The van der Waals surface area contributed by atoms with E-state index in [0.29, 0.717) is 29.2 Å². The van der Waals surface area contributed by atoms with E-state index in [9.17, 15) is 27.2 Å². The van der Waals surface area contributed by atoms with Gasteiger partial charge < -0.3 is 9.30 Å². The minimum absolute atomic E-state index is 0.142. The number of rotatable bonds is 10. The van der Waals surface area contributed by atoms with Crippen molar-refractivity contribution < 1.29 is 27.1 Å². The van der Waals surface area contributed by atoms with Crippen molar-refractivity contribution in [3.8, 4) is 5.75 Å². The molecule has 1 fully saturated rings. The van der Waals surface area contributed by atoms with Crippen LogP contribution in [0.3, 0.4) is 0 Å². The van der Waals surface area contributed by atoms with Gasteiger partial charge in [0.05, 0.1) is 73.1 Å². The molecule has 4 heterocycles. The van der Waals surface area contributed by atoms with Crippen LogP contribution in [0.15, 0.2) is 65.8 Å². The zero-order chi connectivity index (χ0) is 31.6. The van der Waals surface area contributed by atoms with Crippen molar-refractivity contribution in [1.29, 1.82) is 0 Å². The van der Waals surface area contributed by atoms with Gasteiger partial charge in [0.15, 0.2) is 0 Å². The zero-order valence-corrected chi connectivity index (χ0v) is 26.0. The largest absolute Gasteiger partial charge is 0.496 e. The molecule has 232 valence electrons. The van der Waals surface area contributed by atoms with Crippen molar-refractivity contribution in [3.05, 3.63) is 111 Å². The Bertz CT molecular complexity index is 1700. The number of pyridine rings is 2. The SMILES string of the molecule is COc1ccnc(CN(I)C(=O)c2cn(Cc3ccc(Cn4cc(F)ccc4=O)cc3)nc2C2CN(CC(F)(F)F)C2)c1C. The molecule has 4 aromatic rings. The van der Waals surface area contributed by atoms with Gasteiger partial charge in [-0.1, -0.05) is 24.3 Å². The summed E-state index contributed by atoms with van der Waals surface area (Å²) >= 11 is 1.92. The van der Waals surface area contributed by atoms with E-state index < -0.39 is 18.5 Å². The van der Waals surface area contributed by atoms with Gasteiger partial charge in [0.2, 0.25) is 0 Å². The molecule has 1 aliphatic rings. The summed E-state index contributed by atoms with van der Waals surface area (Å²) in [4.78, 5) is 31.4. The first-order chi connectivity index (χ1) is 20.9. The van der Waals surface area contributed by atoms with Crippen LogP contribution in [0.4, 0.5) is 17.6 Å². The first kappa shape index (κ1) is 31.6. The van der Waals surface area contributed by atoms with E-state index in [1.807, 2.05) is 54.1 Å². The summed E-state index contributed by atoms with van der Waals surface area (Å²) in [5.41, 5.74) is 3.55. The third-order valence-electron chi connectivity index (χ3n) is 7.42. The van der Waals surface area contributed by atoms with Crippen LogP contribution in [0.5, 0.6) is 5.75 Å². The number of alkyl halides is 3. The van der Waals surface area contributed by atoms with E-state index in [2.05, 4.69) is 10.1 Å². The molecule has 5 rings (SSSR count). The second-order valence-corrected chi connectivity index (χ2v) is 11.8. The van der Waals surface area contributed by atoms with Crippen LogP contribution >= 0.6 is 22.9 Å². The molecule has 1 saturated heterocycles. The lowest BCUT2D eigenvalue weighted by Gasteiger charge is -2.39. The number of benzene rings is 1. The maximum atomic E-state index is 13.7. The van der Waals surface area contributed by atoms with Crippen molar-refractivity contribution in [3.63, 3.8) is 0 Å². The number of hydrogen-bond donors (Lipinski definition) is 0. The molecule has 0 unspecified atom stereocenters. The highest BCUT2D eigenvalue weighted by molar-refractivity contribution is 14.1. The number of carbonyl (C=O) groups is 1. The van der Waals surface area contributed by atoms with Crippen LogP contribution in [0, 0.1) is 12.7 Å². The van der Waals surface area contributed by atoms with Crippen molar-refractivity contribution in [2.75, 3.05) is 26.7 Å². The second-order valence-electron chi connectivity index (χ2n) is 10.7. The molecule has 44 heavy (non-hydrogen) atoms. The minimum Gasteiger partial charge on any atom is -0.496 e. The summed E-state index contributed by atoms with van der Waals surface area (Å²) in [5, 5.41) is 4.66. The van der Waals surface area contributed by atoms with Crippen LogP contribution in [-0.4, -0.2) is 66.2 Å². The summed E-state index contributed by atoms with van der Waals surface area (Å²) in [7, 11) is 1.56. The average molecular weight is 724 g/mol. The molecule has 14 heteroatoms. The lowest BCUT2D eigenvalue weighted by Crippen LogP contribution is -2.49. The quantitative estimate of drug-likeness (QED) is 0.131. The fourth-order valence-corrected chi connectivity index (χ4v) is 5.73. The summed E-state index contributed by atoms with van der Waals surface area (Å²) in [5.74, 6) is -0.519. The third-order valence-corrected chi connectivity index (χ3v) is 8.20. The van der Waals surface area contributed by atoms with E-state index >= 15 is 0 Å². The Morgan fingerprint density at radius 2 is 1.75 bits per heavy atom. The van der Waals surface area contributed by atoms with Crippen LogP contribution < -0.4 is 10.3 Å². The van der Waals surface area contributed by atoms with E-state index in [0.717, 1.165) is 29.0 Å². The fourth-order valence-electron chi connectivity index (χ4n) is 5.14. The van der Waals surface area contributed by atoms with E-state index in [1.54, 1.807) is 30.3 Å². The first-order valence-corrected chi connectivity index (χ1v) is 14.6. The predicted molar refractivity (Wildman–Crippen MR) is 162 cm³/mol. The number of amides is 1. The molecule has 1 aliphatic heterocycles. The van der Waals surface area contributed by atoms with Gasteiger partial charge in [-0.15, -0.1) is 0 Å². The lowest BCUT2D eigenvalue weighted by molar-refractivity contribution is -0.155. The van der Waals surface area contributed by atoms with E-state index in [1.165, 1.54) is 18.6 Å². The number of ether oxygens (including phenoxy) is 1. The zero-order valence-electron chi connectivity index (χ0n) is 23.9. The van der Waals surface area contributed by atoms with Gasteiger partial charge in [-0.05, 0) is 30.2 Å². The smallest absolute Gasteiger partial charge is 0.401 e. The molecule has 1 aromatic carbocycles. The molecule has 0 atom stereocenters. The van der Waals surface area contributed by atoms with Crippen LogP contribution in [0.2, 0.25) is 0 Å². The Hall–Kier alpha value is -3.79. The van der Waals surface area contributed by atoms with E-state index in [-0.39, 0.29) is 43.6 Å². The Morgan fingerprint density at radius 3 is 2.41 bits per heavy atom. The van der Waals surface area contributed by atoms with Gasteiger partial charge in [-0.3, -0.25) is 27.3 Å². The van der Waals surface area contributed by atoms with Gasteiger partial charge >= 0.3 is 6.18 Å². The standard InChI is InChI=1S/C30H29F4IN6O3/c1-19-25(36-10-9-26(19)44-2)17-41(35)29(43)24-16-40(37-28(24)22-13-38(14-22)18-30(32,33)34)12-21-5-3-20(4-6-21)11-39-15-23(31)7-8-27(39)42/h3-10,15-16,22H,11-14,17-18H2,1-2H3. The molecule has 0 radical (unpaired) electrons. The number of likely N-dealkylation sites (tertiary alicyclic amines) is 1. The van der Waals surface area contributed by atoms with Crippen molar-refractivity contribution >= 4 is 28.8 Å². The first-order valence-electron chi connectivity index (χ1n) is 13.7. The van der Waals surface area contributed by atoms with Gasteiger partial charge in [0, 0.05) is 49.2 Å². The Morgan fingerprint density at radius 1 is 1.07 bits per heavy atom.